The van der Waals surface area contributed by atoms with Gasteiger partial charge in [-0.15, -0.1) is 0 Å². The topological polar surface area (TPSA) is 51.8 Å². The maximum atomic E-state index is 6.00. The van der Waals surface area contributed by atoms with Crippen molar-refractivity contribution in [3.8, 4) is 0 Å². The minimum absolute atomic E-state index is 0.230. The van der Waals surface area contributed by atoms with Crippen molar-refractivity contribution >= 4 is 11.8 Å². The molecule has 0 spiro atoms. The van der Waals surface area contributed by atoms with E-state index in [9.17, 15) is 0 Å². The Morgan fingerprint density at radius 1 is 1.43 bits per heavy atom. The van der Waals surface area contributed by atoms with Gasteiger partial charge in [0.25, 0.3) is 0 Å². The first-order chi connectivity index (χ1) is 6.74. The summed E-state index contributed by atoms with van der Waals surface area (Å²) in [5.74, 6) is 1.45. The zero-order chi connectivity index (χ0) is 10.4. The highest BCUT2D eigenvalue weighted by Crippen LogP contribution is 2.16. The Balaban J connectivity index is 2.34. The number of aromatic nitrogens is 2. The first-order valence-corrected chi connectivity index (χ1v) is 5.88. The minimum atomic E-state index is 0.230. The fourth-order valence-corrected chi connectivity index (χ4v) is 1.94. The van der Waals surface area contributed by atoms with Crippen LogP contribution in [-0.2, 0) is 0 Å². The van der Waals surface area contributed by atoms with Gasteiger partial charge in [0.05, 0.1) is 0 Å². The summed E-state index contributed by atoms with van der Waals surface area (Å²) in [5.41, 5.74) is 6.00. The zero-order valence-electron chi connectivity index (χ0n) is 8.68. The number of hydrogen-bond acceptors (Lipinski definition) is 4. The normalized spacial score (nSPS) is 15.1. The third-order valence-electron chi connectivity index (χ3n) is 2.32. The van der Waals surface area contributed by atoms with Crippen LogP contribution < -0.4 is 5.73 Å². The van der Waals surface area contributed by atoms with Crippen LogP contribution in [0.25, 0.3) is 0 Å². The highest BCUT2D eigenvalue weighted by molar-refractivity contribution is 7.99. The van der Waals surface area contributed by atoms with Crippen molar-refractivity contribution in [1.82, 2.24) is 9.97 Å². The molecule has 78 valence electrons. The van der Waals surface area contributed by atoms with E-state index in [2.05, 4.69) is 23.8 Å². The zero-order valence-corrected chi connectivity index (χ0v) is 9.50. The molecule has 0 radical (unpaired) electrons. The molecule has 1 aromatic rings. The molecule has 1 heterocycles. The van der Waals surface area contributed by atoms with Crippen molar-refractivity contribution in [3.63, 3.8) is 0 Å². The summed E-state index contributed by atoms with van der Waals surface area (Å²) in [6.45, 7) is 4.34. The molecule has 0 aromatic carbocycles. The SMILES string of the molecule is CCC(C)C(N)CSc1ncccn1. The molecule has 1 aromatic heterocycles. The van der Waals surface area contributed by atoms with Crippen LogP contribution in [0.1, 0.15) is 20.3 Å². The van der Waals surface area contributed by atoms with Crippen molar-refractivity contribution in [2.24, 2.45) is 11.7 Å². The second-order valence-electron chi connectivity index (χ2n) is 3.39. The predicted octanol–water partition coefficient (Wildman–Crippen LogP) is 1.94. The Kier molecular flexibility index (Phi) is 4.90. The van der Waals surface area contributed by atoms with Crippen molar-refractivity contribution in [3.05, 3.63) is 18.5 Å². The smallest absolute Gasteiger partial charge is 0.187 e. The van der Waals surface area contributed by atoms with E-state index in [1.165, 1.54) is 0 Å². The van der Waals surface area contributed by atoms with E-state index in [1.54, 1.807) is 24.2 Å². The number of rotatable bonds is 5. The lowest BCUT2D eigenvalue weighted by molar-refractivity contribution is 0.475. The quantitative estimate of drug-likeness (QED) is 0.597. The molecule has 0 saturated heterocycles. The van der Waals surface area contributed by atoms with E-state index < -0.39 is 0 Å². The second-order valence-corrected chi connectivity index (χ2v) is 4.38. The Hall–Kier alpha value is -0.610. The largest absolute Gasteiger partial charge is 0.327 e. The van der Waals surface area contributed by atoms with Crippen molar-refractivity contribution in [2.75, 3.05) is 5.75 Å². The molecule has 0 amide bonds. The summed E-state index contributed by atoms with van der Waals surface area (Å²) in [5, 5.41) is 0.811. The highest BCUT2D eigenvalue weighted by Gasteiger charge is 2.11. The number of nitrogens with zero attached hydrogens (tertiary/aromatic N) is 2. The van der Waals surface area contributed by atoms with Gasteiger partial charge in [-0.2, -0.15) is 0 Å². The van der Waals surface area contributed by atoms with Gasteiger partial charge >= 0.3 is 0 Å². The van der Waals surface area contributed by atoms with Gasteiger partial charge in [0, 0.05) is 24.2 Å². The van der Waals surface area contributed by atoms with E-state index in [4.69, 9.17) is 5.73 Å². The fraction of sp³-hybridized carbons (Fsp3) is 0.600. The van der Waals surface area contributed by atoms with Gasteiger partial charge in [-0.05, 0) is 12.0 Å². The maximum Gasteiger partial charge on any atom is 0.187 e. The van der Waals surface area contributed by atoms with Gasteiger partial charge in [-0.25, -0.2) is 9.97 Å². The maximum absolute atomic E-state index is 6.00. The molecule has 4 heteroatoms. The van der Waals surface area contributed by atoms with Gasteiger partial charge in [0.15, 0.2) is 5.16 Å². The van der Waals surface area contributed by atoms with Gasteiger partial charge in [0.2, 0.25) is 0 Å². The van der Waals surface area contributed by atoms with Gasteiger partial charge in [-0.3, -0.25) is 0 Å². The summed E-state index contributed by atoms with van der Waals surface area (Å²) < 4.78 is 0. The van der Waals surface area contributed by atoms with E-state index in [-0.39, 0.29) is 6.04 Å². The van der Waals surface area contributed by atoms with Crippen LogP contribution >= 0.6 is 11.8 Å². The molecule has 0 aliphatic carbocycles. The molecule has 14 heavy (non-hydrogen) atoms. The molecular weight excluding hydrogens is 194 g/mol. The average molecular weight is 211 g/mol. The summed E-state index contributed by atoms with van der Waals surface area (Å²) in [6.07, 6.45) is 4.63. The van der Waals surface area contributed by atoms with E-state index >= 15 is 0 Å². The van der Waals surface area contributed by atoms with Crippen LogP contribution in [0, 0.1) is 5.92 Å². The fourth-order valence-electron chi connectivity index (χ4n) is 0.998. The standard InChI is InChI=1S/C10H17N3S/c1-3-8(2)9(11)7-14-10-12-5-4-6-13-10/h4-6,8-9H,3,7,11H2,1-2H3. The Morgan fingerprint density at radius 2 is 2.07 bits per heavy atom. The molecule has 0 fully saturated rings. The molecular formula is C10H17N3S. The van der Waals surface area contributed by atoms with Crippen molar-refractivity contribution in [1.29, 1.82) is 0 Å². The van der Waals surface area contributed by atoms with Crippen molar-refractivity contribution < 1.29 is 0 Å². The van der Waals surface area contributed by atoms with E-state index in [1.807, 2.05) is 6.07 Å². The van der Waals surface area contributed by atoms with Crippen LogP contribution in [0.2, 0.25) is 0 Å². The van der Waals surface area contributed by atoms with Crippen LogP contribution in [0.15, 0.2) is 23.6 Å². The van der Waals surface area contributed by atoms with Crippen LogP contribution in [0.3, 0.4) is 0 Å². The number of nitrogens with two attached hydrogens (primary N) is 1. The average Bonchev–Trinajstić information content (AvgIpc) is 2.26. The third-order valence-corrected chi connectivity index (χ3v) is 3.34. The first-order valence-electron chi connectivity index (χ1n) is 4.89. The van der Waals surface area contributed by atoms with Crippen LogP contribution in [-0.4, -0.2) is 21.8 Å². The molecule has 1 rings (SSSR count). The predicted molar refractivity (Wildman–Crippen MR) is 60.2 cm³/mol. The molecule has 0 aliphatic rings. The lowest BCUT2D eigenvalue weighted by Gasteiger charge is -2.16. The third kappa shape index (κ3) is 3.64. The van der Waals surface area contributed by atoms with Crippen LogP contribution in [0.5, 0.6) is 0 Å². The Labute approximate surface area is 89.5 Å². The molecule has 0 saturated carbocycles. The monoisotopic (exact) mass is 211 g/mol. The van der Waals surface area contributed by atoms with E-state index in [0.29, 0.717) is 5.92 Å². The number of hydrogen-bond donors (Lipinski definition) is 1. The summed E-state index contributed by atoms with van der Waals surface area (Å²) in [4.78, 5) is 8.26. The minimum Gasteiger partial charge on any atom is -0.327 e. The van der Waals surface area contributed by atoms with Gasteiger partial charge in [-0.1, -0.05) is 32.0 Å². The number of thioether (sulfide) groups is 1. The summed E-state index contributed by atoms with van der Waals surface area (Å²) >= 11 is 1.62. The Bertz CT molecular complexity index is 253. The molecule has 2 N–H and O–H groups in total. The molecule has 0 bridgehead atoms. The van der Waals surface area contributed by atoms with Crippen LogP contribution in [0.4, 0.5) is 0 Å². The summed E-state index contributed by atoms with van der Waals surface area (Å²) in [6, 6.07) is 2.05. The molecule has 2 unspecified atom stereocenters. The Morgan fingerprint density at radius 3 is 2.64 bits per heavy atom. The van der Waals surface area contributed by atoms with E-state index in [0.717, 1.165) is 17.3 Å². The highest BCUT2D eigenvalue weighted by atomic mass is 32.2. The summed E-state index contributed by atoms with van der Waals surface area (Å²) in [7, 11) is 0. The molecule has 2 atom stereocenters. The second kappa shape index (κ2) is 5.98. The van der Waals surface area contributed by atoms with Crippen molar-refractivity contribution in [2.45, 2.75) is 31.5 Å². The first kappa shape index (κ1) is 11.5. The lowest BCUT2D eigenvalue weighted by atomic mass is 10.0. The molecule has 3 nitrogen and oxygen atoms in total. The van der Waals surface area contributed by atoms with Gasteiger partial charge < -0.3 is 5.73 Å². The van der Waals surface area contributed by atoms with Gasteiger partial charge in [0.1, 0.15) is 0 Å². The lowest BCUT2D eigenvalue weighted by Crippen LogP contribution is -2.30. The molecule has 0 aliphatic heterocycles.